The number of carbonyl (C=O) groups is 2. The van der Waals surface area contributed by atoms with Crippen molar-refractivity contribution in [3.63, 3.8) is 0 Å². The molecule has 3 aliphatic rings. The minimum absolute atomic E-state index is 0.0692. The molecule has 3 aromatic carbocycles. The zero-order valence-electron chi connectivity index (χ0n) is 28.2. The number of nitrogens with one attached hydrogen (secondary N) is 1. The Bertz CT molecular complexity index is 1720. The highest BCUT2D eigenvalue weighted by Crippen LogP contribution is 2.41. The molecule has 50 heavy (non-hydrogen) atoms. The van der Waals surface area contributed by atoms with E-state index in [1.807, 2.05) is 48.2 Å². The van der Waals surface area contributed by atoms with Crippen LogP contribution in [0.5, 0.6) is 11.5 Å². The molecule has 2 bridgehead atoms. The van der Waals surface area contributed by atoms with Crippen molar-refractivity contribution in [1.29, 1.82) is 0 Å². The molecule has 0 aromatic heterocycles. The monoisotopic (exact) mass is 741 g/mol. The third kappa shape index (κ3) is 8.35. The van der Waals surface area contributed by atoms with Crippen molar-refractivity contribution < 1.29 is 28.9 Å². The van der Waals surface area contributed by atoms with Gasteiger partial charge in [-0.3, -0.25) is 9.69 Å². The second-order valence-corrected chi connectivity index (χ2v) is 14.3. The molecule has 0 spiro atoms. The Morgan fingerprint density at radius 1 is 0.940 bits per heavy atom. The van der Waals surface area contributed by atoms with Crippen molar-refractivity contribution in [3.05, 3.63) is 97.5 Å². The van der Waals surface area contributed by atoms with Gasteiger partial charge in [-0.05, 0) is 97.2 Å². The molecule has 2 N–H and O–H groups in total. The van der Waals surface area contributed by atoms with Crippen LogP contribution in [-0.2, 0) is 22.5 Å². The smallest absolute Gasteiger partial charge is 0.408 e. The van der Waals surface area contributed by atoms with Crippen molar-refractivity contribution in [3.8, 4) is 11.5 Å². The number of piperazine rings is 1. The Morgan fingerprint density at radius 3 is 2.34 bits per heavy atom. The number of hydrogen-bond donors (Lipinski definition) is 2. The highest BCUT2D eigenvalue weighted by atomic mass is 35.5. The molecule has 1 saturated heterocycles. The molecule has 0 unspecified atom stereocenters. The molecular weight excluding hydrogens is 701 g/mol. The summed E-state index contributed by atoms with van der Waals surface area (Å²) in [6, 6.07) is 16.3. The number of ether oxygens (including phenoxy) is 3. The first-order valence-corrected chi connectivity index (χ1v) is 18.1. The van der Waals surface area contributed by atoms with E-state index >= 15 is 0 Å². The van der Waals surface area contributed by atoms with E-state index < -0.39 is 12.1 Å². The number of halogens is 3. The summed E-state index contributed by atoms with van der Waals surface area (Å²) in [5.41, 5.74) is 5.21. The molecule has 9 nitrogen and oxygen atoms in total. The van der Waals surface area contributed by atoms with Crippen LogP contribution in [0.15, 0.2) is 60.2 Å². The number of fused-ring (bicyclic) bond motifs is 2. The molecule has 6 rings (SSSR count). The van der Waals surface area contributed by atoms with E-state index in [1.54, 1.807) is 19.2 Å². The maximum absolute atomic E-state index is 14.8. The van der Waals surface area contributed by atoms with Crippen LogP contribution in [0.2, 0.25) is 15.1 Å². The molecular formula is C38H42Cl3N3O6. The maximum Gasteiger partial charge on any atom is 0.408 e. The van der Waals surface area contributed by atoms with Crippen molar-refractivity contribution >= 4 is 52.4 Å². The summed E-state index contributed by atoms with van der Waals surface area (Å²) >= 11 is 19.3. The minimum atomic E-state index is -1.02. The quantitative estimate of drug-likeness (QED) is 0.164. The second kappa shape index (κ2) is 16.3. The van der Waals surface area contributed by atoms with Gasteiger partial charge in [-0.15, -0.1) is 0 Å². The first kappa shape index (κ1) is 36.3. The summed E-state index contributed by atoms with van der Waals surface area (Å²) in [6.45, 7) is 4.31. The van der Waals surface area contributed by atoms with Gasteiger partial charge in [-0.2, -0.15) is 0 Å². The number of benzene rings is 3. The molecule has 2 amide bonds. The Hall–Kier alpha value is -3.47. The van der Waals surface area contributed by atoms with Crippen molar-refractivity contribution in [1.82, 2.24) is 15.1 Å². The van der Waals surface area contributed by atoms with Gasteiger partial charge in [-0.25, -0.2) is 4.79 Å². The molecule has 3 aromatic rings. The van der Waals surface area contributed by atoms with Crippen molar-refractivity contribution in [2.75, 3.05) is 40.0 Å². The first-order valence-electron chi connectivity index (χ1n) is 17.0. The fourth-order valence-corrected chi connectivity index (χ4v) is 7.81. The largest absolute Gasteiger partial charge is 0.490 e. The van der Waals surface area contributed by atoms with Crippen LogP contribution in [0.25, 0.3) is 5.57 Å². The molecule has 2 fully saturated rings. The molecule has 1 aliphatic carbocycles. The van der Waals surface area contributed by atoms with E-state index in [1.165, 1.54) is 4.90 Å². The number of rotatable bonds is 14. The van der Waals surface area contributed by atoms with Crippen LogP contribution in [0, 0.1) is 6.92 Å². The van der Waals surface area contributed by atoms with Gasteiger partial charge in [0.25, 0.3) is 5.91 Å². The van der Waals surface area contributed by atoms with Gasteiger partial charge in [-0.1, -0.05) is 59.1 Å². The van der Waals surface area contributed by atoms with Gasteiger partial charge in [0.2, 0.25) is 0 Å². The SMILES string of the molecule is COCCCc1ccc(Cl)c(CN(C(=O)C2=C(c3ccc(OCCOc4c(Cl)cc(C)cc4Cl)cc3)C[C@@H]3CNC[C@H]2N3C(=O)O)C2CC2)c1. The Labute approximate surface area is 308 Å². The third-order valence-corrected chi connectivity index (χ3v) is 10.4. The van der Waals surface area contributed by atoms with Crippen LogP contribution in [0.1, 0.15) is 47.9 Å². The van der Waals surface area contributed by atoms with Gasteiger partial charge >= 0.3 is 6.09 Å². The Kier molecular flexibility index (Phi) is 11.8. The van der Waals surface area contributed by atoms with E-state index in [9.17, 15) is 14.7 Å². The average Bonchev–Trinajstić information content (AvgIpc) is 3.93. The molecule has 2 heterocycles. The van der Waals surface area contributed by atoms with Crippen LogP contribution in [0.4, 0.5) is 4.79 Å². The van der Waals surface area contributed by atoms with Gasteiger partial charge < -0.3 is 29.5 Å². The highest BCUT2D eigenvalue weighted by molar-refractivity contribution is 6.37. The average molecular weight is 743 g/mol. The molecule has 2 aliphatic heterocycles. The van der Waals surface area contributed by atoms with Crippen LogP contribution in [0.3, 0.4) is 0 Å². The lowest BCUT2D eigenvalue weighted by molar-refractivity contribution is -0.129. The number of methoxy groups -OCH3 is 1. The zero-order chi connectivity index (χ0) is 35.4. The van der Waals surface area contributed by atoms with Gasteiger partial charge in [0.15, 0.2) is 5.75 Å². The standard InChI is InChI=1S/C38H42Cl3N3O6/c1-23-16-32(40)36(33(41)17-23)50-15-14-49-29-10-6-25(7-11-29)30-19-28-20-42-21-34(44(28)38(46)47)35(30)37(45)43(27-8-9-27)22-26-18-24(4-3-13-48-2)5-12-31(26)39/h5-7,10-12,16-18,27-28,34,42H,3-4,8-9,13-15,19-22H2,1-2H3,(H,46,47)/t28-,34-/m1/s1. The summed E-state index contributed by atoms with van der Waals surface area (Å²) in [4.78, 5) is 30.7. The van der Waals surface area contributed by atoms with Crippen LogP contribution < -0.4 is 14.8 Å². The summed E-state index contributed by atoms with van der Waals surface area (Å²) in [6.07, 6.45) is 2.91. The third-order valence-electron chi connectivity index (χ3n) is 9.45. The lowest BCUT2D eigenvalue weighted by atomic mass is 9.82. The second-order valence-electron chi connectivity index (χ2n) is 13.1. The van der Waals surface area contributed by atoms with E-state index in [4.69, 9.17) is 49.0 Å². The Balaban J connectivity index is 1.24. The predicted molar refractivity (Wildman–Crippen MR) is 196 cm³/mol. The molecule has 2 atom stereocenters. The predicted octanol–water partition coefficient (Wildman–Crippen LogP) is 7.66. The normalized spacial score (nSPS) is 18.6. The topological polar surface area (TPSA) is 101 Å². The van der Waals surface area contributed by atoms with E-state index in [0.717, 1.165) is 53.5 Å². The lowest BCUT2D eigenvalue weighted by Crippen LogP contribution is -2.63. The van der Waals surface area contributed by atoms with E-state index in [2.05, 4.69) is 11.4 Å². The van der Waals surface area contributed by atoms with Crippen molar-refractivity contribution in [2.45, 2.75) is 63.7 Å². The maximum atomic E-state index is 14.8. The summed E-state index contributed by atoms with van der Waals surface area (Å²) in [5, 5.41) is 15.2. The number of nitrogens with zero attached hydrogens (tertiary/aromatic N) is 2. The Morgan fingerprint density at radius 2 is 1.66 bits per heavy atom. The zero-order valence-corrected chi connectivity index (χ0v) is 30.5. The number of carbonyl (C=O) groups excluding carboxylic acids is 1. The lowest BCUT2D eigenvalue weighted by Gasteiger charge is -2.47. The number of carboxylic acid groups (broad SMARTS) is 1. The van der Waals surface area contributed by atoms with Crippen molar-refractivity contribution in [2.24, 2.45) is 0 Å². The highest BCUT2D eigenvalue weighted by Gasteiger charge is 2.46. The number of hydrogen-bond acceptors (Lipinski definition) is 6. The molecule has 0 radical (unpaired) electrons. The summed E-state index contributed by atoms with van der Waals surface area (Å²) in [7, 11) is 1.69. The number of amides is 2. The number of aryl methyl sites for hydroxylation is 2. The van der Waals surface area contributed by atoms with Gasteiger partial charge in [0.1, 0.15) is 19.0 Å². The molecule has 1 saturated carbocycles. The molecule has 12 heteroatoms. The molecule has 266 valence electrons. The van der Waals surface area contributed by atoms with E-state index in [-0.39, 0.29) is 31.2 Å². The fraction of sp³-hybridized carbons (Fsp3) is 0.421. The fourth-order valence-electron chi connectivity index (χ4n) is 6.93. The van der Waals surface area contributed by atoms with Crippen LogP contribution in [-0.4, -0.2) is 85.1 Å². The van der Waals surface area contributed by atoms with Crippen LogP contribution >= 0.6 is 34.8 Å². The van der Waals surface area contributed by atoms with Gasteiger partial charge in [0, 0.05) is 50.0 Å². The summed E-state index contributed by atoms with van der Waals surface area (Å²) < 4.78 is 17.0. The summed E-state index contributed by atoms with van der Waals surface area (Å²) in [5.74, 6) is 0.913. The minimum Gasteiger partial charge on any atom is -0.490 e. The van der Waals surface area contributed by atoms with Gasteiger partial charge in [0.05, 0.1) is 22.1 Å². The van der Waals surface area contributed by atoms with E-state index in [0.29, 0.717) is 64.8 Å². The first-order chi connectivity index (χ1) is 24.1.